The zero-order chi connectivity index (χ0) is 9.38. The van der Waals surface area contributed by atoms with Crippen LogP contribution in [0.25, 0.3) is 11.0 Å². The molecule has 1 aliphatic carbocycles. The molecular weight excluding hydrogens is 178 g/mol. The molecule has 72 valence electrons. The van der Waals surface area contributed by atoms with Gasteiger partial charge in [0, 0.05) is 0 Å². The zero-order valence-electron chi connectivity index (χ0n) is 7.76. The minimum atomic E-state index is 0.734. The highest BCUT2D eigenvalue weighted by Crippen LogP contribution is 2.28. The van der Waals surface area contributed by atoms with Crippen LogP contribution in [0, 0.1) is 5.92 Å². The van der Waals surface area contributed by atoms with Gasteiger partial charge in [-0.3, -0.25) is 0 Å². The van der Waals surface area contributed by atoms with E-state index in [-0.39, 0.29) is 0 Å². The van der Waals surface area contributed by atoms with Crippen LogP contribution in [0.3, 0.4) is 0 Å². The van der Waals surface area contributed by atoms with Crippen LogP contribution in [-0.2, 0) is 0 Å². The van der Waals surface area contributed by atoms with Crippen LogP contribution < -0.4 is 4.84 Å². The van der Waals surface area contributed by atoms with Crippen LogP contribution >= 0.6 is 0 Å². The molecule has 1 aliphatic rings. The average Bonchev–Trinajstić information content (AvgIpc) is 2.96. The molecular formula is C10H11N3O. The number of benzene rings is 1. The lowest BCUT2D eigenvalue weighted by Gasteiger charge is -2.02. The van der Waals surface area contributed by atoms with Gasteiger partial charge in [0.2, 0.25) is 0 Å². The Bertz CT molecular complexity index is 447. The highest BCUT2D eigenvalue weighted by molar-refractivity contribution is 5.73. The van der Waals surface area contributed by atoms with Crippen molar-refractivity contribution in [2.75, 3.05) is 6.61 Å². The molecule has 0 amide bonds. The lowest BCUT2D eigenvalue weighted by atomic mass is 10.3. The van der Waals surface area contributed by atoms with Crippen LogP contribution in [0.2, 0.25) is 0 Å². The van der Waals surface area contributed by atoms with Gasteiger partial charge in [0.1, 0.15) is 17.6 Å². The highest BCUT2D eigenvalue weighted by atomic mass is 16.7. The van der Waals surface area contributed by atoms with Gasteiger partial charge in [-0.1, -0.05) is 17.0 Å². The predicted molar refractivity (Wildman–Crippen MR) is 51.7 cm³/mol. The van der Waals surface area contributed by atoms with E-state index < -0.39 is 0 Å². The van der Waals surface area contributed by atoms with Gasteiger partial charge in [0.05, 0.1) is 0 Å². The first-order valence-corrected chi connectivity index (χ1v) is 4.87. The molecule has 1 aromatic carbocycles. The molecule has 0 N–H and O–H groups in total. The van der Waals surface area contributed by atoms with Gasteiger partial charge in [0.15, 0.2) is 0 Å². The Morgan fingerprint density at radius 1 is 1.36 bits per heavy atom. The fraction of sp³-hybridized carbons (Fsp3) is 0.400. The van der Waals surface area contributed by atoms with E-state index in [4.69, 9.17) is 4.84 Å². The molecule has 4 nitrogen and oxygen atoms in total. The van der Waals surface area contributed by atoms with Gasteiger partial charge in [-0.25, -0.2) is 0 Å². The van der Waals surface area contributed by atoms with Crippen molar-refractivity contribution in [1.29, 1.82) is 0 Å². The molecule has 1 heterocycles. The fourth-order valence-electron chi connectivity index (χ4n) is 1.40. The monoisotopic (exact) mass is 189 g/mol. The fourth-order valence-corrected chi connectivity index (χ4v) is 1.40. The summed E-state index contributed by atoms with van der Waals surface area (Å²) in [5.74, 6) is 0.734. The summed E-state index contributed by atoms with van der Waals surface area (Å²) in [5, 5.41) is 7.94. The largest absolute Gasteiger partial charge is 0.395 e. The van der Waals surface area contributed by atoms with Crippen LogP contribution in [0.15, 0.2) is 24.3 Å². The van der Waals surface area contributed by atoms with Gasteiger partial charge in [0.25, 0.3) is 0 Å². The average molecular weight is 189 g/mol. The van der Waals surface area contributed by atoms with Gasteiger partial charge >= 0.3 is 0 Å². The van der Waals surface area contributed by atoms with Crippen molar-refractivity contribution in [1.82, 2.24) is 15.2 Å². The number of para-hydroxylation sites is 1. The third-order valence-electron chi connectivity index (χ3n) is 2.45. The maximum atomic E-state index is 5.53. The molecule has 1 aromatic heterocycles. The molecule has 1 saturated carbocycles. The summed E-state index contributed by atoms with van der Waals surface area (Å²) in [6, 6.07) is 7.80. The summed E-state index contributed by atoms with van der Waals surface area (Å²) in [5.41, 5.74) is 1.82. The number of hydrogen-bond acceptors (Lipinski definition) is 3. The summed E-state index contributed by atoms with van der Waals surface area (Å²) in [6.07, 6.45) is 2.57. The third-order valence-corrected chi connectivity index (χ3v) is 2.45. The molecule has 4 heteroatoms. The maximum absolute atomic E-state index is 5.53. The van der Waals surface area contributed by atoms with E-state index in [2.05, 4.69) is 10.3 Å². The smallest absolute Gasteiger partial charge is 0.130 e. The second-order valence-electron chi connectivity index (χ2n) is 3.69. The van der Waals surface area contributed by atoms with E-state index in [1.165, 1.54) is 17.7 Å². The highest BCUT2D eigenvalue weighted by Gasteiger charge is 2.22. The van der Waals surface area contributed by atoms with Gasteiger partial charge in [-0.2, -0.15) is 0 Å². The summed E-state index contributed by atoms with van der Waals surface area (Å²) in [7, 11) is 0. The van der Waals surface area contributed by atoms with Crippen molar-refractivity contribution in [3.63, 3.8) is 0 Å². The topological polar surface area (TPSA) is 39.9 Å². The summed E-state index contributed by atoms with van der Waals surface area (Å²) < 4.78 is 0. The molecule has 0 unspecified atom stereocenters. The molecule has 14 heavy (non-hydrogen) atoms. The van der Waals surface area contributed by atoms with Crippen molar-refractivity contribution in [3.8, 4) is 0 Å². The quantitative estimate of drug-likeness (QED) is 0.730. The molecule has 2 aromatic rings. The van der Waals surface area contributed by atoms with Crippen LogP contribution in [0.1, 0.15) is 12.8 Å². The second-order valence-corrected chi connectivity index (χ2v) is 3.69. The van der Waals surface area contributed by atoms with Crippen molar-refractivity contribution in [3.05, 3.63) is 24.3 Å². The lowest BCUT2D eigenvalue weighted by molar-refractivity contribution is 0.0796. The van der Waals surface area contributed by atoms with Crippen LogP contribution in [0.4, 0.5) is 0 Å². The van der Waals surface area contributed by atoms with Gasteiger partial charge < -0.3 is 4.84 Å². The molecule has 0 bridgehead atoms. The Balaban J connectivity index is 1.87. The SMILES string of the molecule is c1ccc2c(c1)nnn2OCC1CC1. The standard InChI is InChI=1S/C10H11N3O/c1-2-4-10-9(3-1)11-12-13(10)14-7-8-5-6-8/h1-4,8H,5-7H2. The predicted octanol–water partition coefficient (Wildman–Crippen LogP) is 1.27. The lowest BCUT2D eigenvalue weighted by Crippen LogP contribution is -2.15. The minimum absolute atomic E-state index is 0.734. The van der Waals surface area contributed by atoms with Gasteiger partial charge in [-0.15, -0.1) is 5.10 Å². The third kappa shape index (κ3) is 1.32. The Labute approximate surface area is 81.4 Å². The van der Waals surface area contributed by atoms with E-state index in [1.807, 2.05) is 24.3 Å². The first-order valence-electron chi connectivity index (χ1n) is 4.87. The number of aromatic nitrogens is 3. The normalized spacial score (nSPS) is 16.0. The molecule has 0 radical (unpaired) electrons. The molecule has 1 fully saturated rings. The summed E-state index contributed by atoms with van der Waals surface area (Å²) >= 11 is 0. The van der Waals surface area contributed by atoms with Crippen molar-refractivity contribution in [2.24, 2.45) is 5.92 Å². The van der Waals surface area contributed by atoms with E-state index >= 15 is 0 Å². The van der Waals surface area contributed by atoms with Crippen molar-refractivity contribution < 1.29 is 4.84 Å². The second kappa shape index (κ2) is 2.97. The van der Waals surface area contributed by atoms with Crippen LogP contribution in [0.5, 0.6) is 0 Å². The Morgan fingerprint density at radius 3 is 3.07 bits per heavy atom. The molecule has 0 saturated heterocycles. The number of hydrogen-bond donors (Lipinski definition) is 0. The minimum Gasteiger partial charge on any atom is -0.395 e. The Kier molecular flexibility index (Phi) is 1.65. The van der Waals surface area contributed by atoms with E-state index in [1.54, 1.807) is 0 Å². The van der Waals surface area contributed by atoms with Gasteiger partial charge in [-0.05, 0) is 36.1 Å². The maximum Gasteiger partial charge on any atom is 0.130 e. The summed E-state index contributed by atoms with van der Waals surface area (Å²) in [6.45, 7) is 0.757. The van der Waals surface area contributed by atoms with E-state index in [9.17, 15) is 0 Å². The molecule has 3 rings (SSSR count). The van der Waals surface area contributed by atoms with E-state index in [0.29, 0.717) is 0 Å². The molecule has 0 atom stereocenters. The molecule has 0 aliphatic heterocycles. The Hall–Kier alpha value is -1.58. The molecule has 0 spiro atoms. The number of nitrogens with zero attached hydrogens (tertiary/aromatic N) is 3. The first-order chi connectivity index (χ1) is 6.93. The number of rotatable bonds is 3. The Morgan fingerprint density at radius 2 is 2.21 bits per heavy atom. The number of fused-ring (bicyclic) bond motifs is 1. The zero-order valence-corrected chi connectivity index (χ0v) is 7.76. The summed E-state index contributed by atoms with van der Waals surface area (Å²) in [4.78, 5) is 7.05. The van der Waals surface area contributed by atoms with Crippen LogP contribution in [-0.4, -0.2) is 21.8 Å². The first kappa shape index (κ1) is 7.79. The van der Waals surface area contributed by atoms with Crippen molar-refractivity contribution in [2.45, 2.75) is 12.8 Å². The van der Waals surface area contributed by atoms with E-state index in [0.717, 1.165) is 23.6 Å². The van der Waals surface area contributed by atoms with Crippen molar-refractivity contribution >= 4 is 11.0 Å².